The highest BCUT2D eigenvalue weighted by Gasteiger charge is 2.12. The first-order chi connectivity index (χ1) is 9.34. The van der Waals surface area contributed by atoms with E-state index in [-0.39, 0.29) is 16.8 Å². The van der Waals surface area contributed by atoms with Gasteiger partial charge in [-0.3, -0.25) is 4.79 Å². The lowest BCUT2D eigenvalue weighted by atomic mass is 10.2. The molecule has 20 heavy (non-hydrogen) atoms. The Morgan fingerprint density at radius 1 is 1.25 bits per heavy atom. The van der Waals surface area contributed by atoms with Crippen molar-refractivity contribution in [2.24, 2.45) is 0 Å². The summed E-state index contributed by atoms with van der Waals surface area (Å²) in [6, 6.07) is 6.01. The first kappa shape index (κ1) is 16.5. The normalized spacial score (nSPS) is 12.8. The summed E-state index contributed by atoms with van der Waals surface area (Å²) < 4.78 is 22.7. The Hall–Kier alpha value is -1.56. The average molecular weight is 298 g/mol. The molecule has 1 aromatic carbocycles. The number of benzene rings is 1. The van der Waals surface area contributed by atoms with Crippen molar-refractivity contribution in [3.63, 3.8) is 0 Å². The van der Waals surface area contributed by atoms with Crippen LogP contribution >= 0.6 is 0 Å². The molecule has 1 amide bonds. The quantitative estimate of drug-likeness (QED) is 0.753. The van der Waals surface area contributed by atoms with Gasteiger partial charge in [0.05, 0.1) is 4.90 Å². The monoisotopic (exact) mass is 298 g/mol. The molecule has 0 spiro atoms. The van der Waals surface area contributed by atoms with Crippen LogP contribution in [0.15, 0.2) is 29.2 Å². The molecule has 0 aliphatic carbocycles. The van der Waals surface area contributed by atoms with Crippen LogP contribution in [0.3, 0.4) is 0 Å². The van der Waals surface area contributed by atoms with E-state index in [1.807, 2.05) is 0 Å². The van der Waals surface area contributed by atoms with E-state index in [2.05, 4.69) is 17.6 Å². The summed E-state index contributed by atoms with van der Waals surface area (Å²) in [5, 5.41) is 5.88. The van der Waals surface area contributed by atoms with Crippen molar-refractivity contribution in [3.8, 4) is 0 Å². The van der Waals surface area contributed by atoms with Gasteiger partial charge < -0.3 is 10.6 Å². The number of carbonyl (C=O) groups is 1. The Labute approximate surface area is 120 Å². The smallest absolute Gasteiger partial charge is 0.242 e. The minimum atomic E-state index is -3.19. The maximum atomic E-state index is 11.8. The molecule has 1 aromatic rings. The van der Waals surface area contributed by atoms with Crippen LogP contribution < -0.4 is 10.6 Å². The van der Waals surface area contributed by atoms with Crippen molar-refractivity contribution in [3.05, 3.63) is 24.3 Å². The molecule has 0 radical (unpaired) electrons. The number of hydrogen-bond acceptors (Lipinski definition) is 4. The van der Waals surface area contributed by atoms with Crippen LogP contribution in [0.4, 0.5) is 5.69 Å². The highest BCUT2D eigenvalue weighted by Crippen LogP contribution is 2.14. The fourth-order valence-corrected chi connectivity index (χ4v) is 2.29. The second kappa shape index (κ2) is 7.28. The predicted octanol–water partition coefficient (Wildman–Crippen LogP) is 1.81. The van der Waals surface area contributed by atoms with Crippen LogP contribution in [-0.2, 0) is 14.6 Å². The van der Waals surface area contributed by atoms with Gasteiger partial charge in [0.2, 0.25) is 5.91 Å². The largest absolute Gasteiger partial charge is 0.374 e. The van der Waals surface area contributed by atoms with Gasteiger partial charge in [-0.15, -0.1) is 0 Å². The molecule has 0 aliphatic heterocycles. The van der Waals surface area contributed by atoms with Crippen LogP contribution in [0.1, 0.15) is 26.7 Å². The van der Waals surface area contributed by atoms with Crippen LogP contribution in [0.5, 0.6) is 0 Å². The maximum Gasteiger partial charge on any atom is 0.242 e. The Balaban J connectivity index is 2.58. The Morgan fingerprint density at radius 3 is 2.35 bits per heavy atom. The van der Waals surface area contributed by atoms with E-state index in [4.69, 9.17) is 0 Å². The number of unbranched alkanes of at least 4 members (excludes halogenated alkanes) is 1. The Kier molecular flexibility index (Phi) is 6.01. The highest BCUT2D eigenvalue weighted by atomic mass is 32.2. The molecule has 0 heterocycles. The number of hydrogen-bond donors (Lipinski definition) is 2. The van der Waals surface area contributed by atoms with Gasteiger partial charge in [0, 0.05) is 18.5 Å². The number of carbonyl (C=O) groups excluding carboxylic acids is 1. The third kappa shape index (κ3) is 5.21. The van der Waals surface area contributed by atoms with Gasteiger partial charge in [0.25, 0.3) is 0 Å². The number of nitrogens with one attached hydrogen (secondary N) is 2. The molecule has 112 valence electrons. The van der Waals surface area contributed by atoms with Gasteiger partial charge in [-0.05, 0) is 37.6 Å². The van der Waals surface area contributed by atoms with E-state index >= 15 is 0 Å². The third-order valence-corrected chi connectivity index (χ3v) is 4.02. The lowest BCUT2D eigenvalue weighted by Gasteiger charge is -2.15. The zero-order valence-corrected chi connectivity index (χ0v) is 13.0. The molecule has 0 fully saturated rings. The van der Waals surface area contributed by atoms with E-state index < -0.39 is 9.84 Å². The molecule has 0 aliphatic rings. The number of anilines is 1. The molecule has 1 unspecified atom stereocenters. The summed E-state index contributed by atoms with van der Waals surface area (Å²) in [4.78, 5) is 12.0. The number of rotatable bonds is 7. The highest BCUT2D eigenvalue weighted by molar-refractivity contribution is 7.90. The van der Waals surface area contributed by atoms with Gasteiger partial charge in [0.1, 0.15) is 6.04 Å². The molecule has 0 aromatic heterocycles. The lowest BCUT2D eigenvalue weighted by Crippen LogP contribution is -2.37. The number of sulfone groups is 1. The van der Waals surface area contributed by atoms with E-state index in [0.717, 1.165) is 18.5 Å². The van der Waals surface area contributed by atoms with Gasteiger partial charge in [-0.2, -0.15) is 0 Å². The first-order valence-electron chi connectivity index (χ1n) is 6.69. The SMILES string of the molecule is CCCCNC(=O)C(C)Nc1ccc(S(C)(=O)=O)cc1. The molecule has 0 saturated heterocycles. The zero-order chi connectivity index (χ0) is 15.2. The summed E-state index contributed by atoms with van der Waals surface area (Å²) in [6.45, 7) is 4.51. The third-order valence-electron chi connectivity index (χ3n) is 2.89. The van der Waals surface area contributed by atoms with Gasteiger partial charge in [-0.25, -0.2) is 8.42 Å². The van der Waals surface area contributed by atoms with Crippen molar-refractivity contribution < 1.29 is 13.2 Å². The van der Waals surface area contributed by atoms with Gasteiger partial charge in [0.15, 0.2) is 9.84 Å². The van der Waals surface area contributed by atoms with E-state index in [1.54, 1.807) is 19.1 Å². The fraction of sp³-hybridized carbons (Fsp3) is 0.500. The molecule has 0 bridgehead atoms. The van der Waals surface area contributed by atoms with Crippen LogP contribution in [-0.4, -0.2) is 33.2 Å². The second-order valence-corrected chi connectivity index (χ2v) is 6.82. The summed E-state index contributed by atoms with van der Waals surface area (Å²) >= 11 is 0. The molecule has 5 nitrogen and oxygen atoms in total. The van der Waals surface area contributed by atoms with E-state index in [0.29, 0.717) is 6.54 Å². The van der Waals surface area contributed by atoms with Crippen LogP contribution in [0.25, 0.3) is 0 Å². The van der Waals surface area contributed by atoms with Gasteiger partial charge >= 0.3 is 0 Å². The fourth-order valence-electron chi connectivity index (χ4n) is 1.66. The lowest BCUT2D eigenvalue weighted by molar-refractivity contribution is -0.121. The first-order valence-corrected chi connectivity index (χ1v) is 8.58. The second-order valence-electron chi connectivity index (χ2n) is 4.81. The van der Waals surface area contributed by atoms with E-state index in [9.17, 15) is 13.2 Å². The molecule has 1 rings (SSSR count). The van der Waals surface area contributed by atoms with Crippen molar-refractivity contribution in [1.29, 1.82) is 0 Å². The molecule has 6 heteroatoms. The standard InChI is InChI=1S/C14H22N2O3S/c1-4-5-10-15-14(17)11(2)16-12-6-8-13(9-7-12)20(3,18)19/h6-9,11,16H,4-5,10H2,1-3H3,(H,15,17). The summed E-state index contributed by atoms with van der Waals surface area (Å²) in [5.41, 5.74) is 0.718. The average Bonchev–Trinajstić information content (AvgIpc) is 2.38. The molecule has 1 atom stereocenters. The molecular formula is C14H22N2O3S. The molecule has 2 N–H and O–H groups in total. The predicted molar refractivity (Wildman–Crippen MR) is 80.6 cm³/mol. The molecular weight excluding hydrogens is 276 g/mol. The number of amides is 1. The van der Waals surface area contributed by atoms with Crippen molar-refractivity contribution >= 4 is 21.4 Å². The molecule has 0 saturated carbocycles. The minimum Gasteiger partial charge on any atom is -0.374 e. The Morgan fingerprint density at radius 2 is 1.85 bits per heavy atom. The summed E-state index contributed by atoms with van der Waals surface area (Å²) in [7, 11) is -3.19. The topological polar surface area (TPSA) is 75.3 Å². The zero-order valence-electron chi connectivity index (χ0n) is 12.1. The summed E-state index contributed by atoms with van der Waals surface area (Å²) in [5.74, 6) is -0.0642. The van der Waals surface area contributed by atoms with E-state index in [1.165, 1.54) is 18.4 Å². The Bertz CT molecular complexity index is 538. The summed E-state index contributed by atoms with van der Waals surface area (Å²) in [6.07, 6.45) is 3.16. The van der Waals surface area contributed by atoms with Crippen molar-refractivity contribution in [2.75, 3.05) is 18.1 Å². The maximum absolute atomic E-state index is 11.8. The van der Waals surface area contributed by atoms with Crippen LogP contribution in [0, 0.1) is 0 Å². The van der Waals surface area contributed by atoms with Gasteiger partial charge in [-0.1, -0.05) is 13.3 Å². The minimum absolute atomic E-state index is 0.0642. The van der Waals surface area contributed by atoms with Crippen LogP contribution in [0.2, 0.25) is 0 Å². The van der Waals surface area contributed by atoms with Crippen molar-refractivity contribution in [1.82, 2.24) is 5.32 Å². The van der Waals surface area contributed by atoms with Crippen molar-refractivity contribution in [2.45, 2.75) is 37.6 Å².